The van der Waals surface area contributed by atoms with E-state index in [1.54, 1.807) is 0 Å². The summed E-state index contributed by atoms with van der Waals surface area (Å²) in [5.41, 5.74) is -0.442. The molecular formula is C13H23NO3. The second-order valence-corrected chi connectivity index (χ2v) is 4.70. The van der Waals surface area contributed by atoms with E-state index < -0.39 is 5.60 Å². The number of carbonyl (C=O) groups excluding carboxylic acids is 1. The van der Waals surface area contributed by atoms with Crippen molar-refractivity contribution < 1.29 is 14.3 Å². The Kier molecular flexibility index (Phi) is 8.25. The van der Waals surface area contributed by atoms with Gasteiger partial charge in [-0.05, 0) is 33.6 Å². The number of hydrogen-bond acceptors (Lipinski definition) is 3. The van der Waals surface area contributed by atoms with Crippen LogP contribution < -0.4 is 5.32 Å². The molecule has 0 aromatic rings. The molecule has 0 atom stereocenters. The van der Waals surface area contributed by atoms with Gasteiger partial charge in [0.1, 0.15) is 5.60 Å². The summed E-state index contributed by atoms with van der Waals surface area (Å²) in [4.78, 5) is 11.2. The molecule has 0 fully saturated rings. The third-order valence-electron chi connectivity index (χ3n) is 1.77. The molecule has 0 aliphatic heterocycles. The monoisotopic (exact) mass is 241 g/mol. The molecule has 0 aliphatic rings. The minimum absolute atomic E-state index is 0.370. The first-order valence-corrected chi connectivity index (χ1v) is 5.94. The SMILES string of the molecule is C#CCCOCCCCNC(=O)OC(C)(C)C. The Bertz CT molecular complexity index is 250. The molecule has 17 heavy (non-hydrogen) atoms. The number of carbonyl (C=O) groups is 1. The van der Waals surface area contributed by atoms with Crippen molar-refractivity contribution in [2.45, 2.75) is 45.6 Å². The van der Waals surface area contributed by atoms with Crippen molar-refractivity contribution in [3.8, 4) is 12.3 Å². The van der Waals surface area contributed by atoms with Crippen molar-refractivity contribution in [2.75, 3.05) is 19.8 Å². The summed E-state index contributed by atoms with van der Waals surface area (Å²) < 4.78 is 10.4. The van der Waals surface area contributed by atoms with Crippen LogP contribution in [0, 0.1) is 12.3 Å². The van der Waals surface area contributed by atoms with Crippen LogP contribution in [-0.4, -0.2) is 31.5 Å². The summed E-state index contributed by atoms with van der Waals surface area (Å²) >= 11 is 0. The van der Waals surface area contributed by atoms with E-state index in [1.165, 1.54) is 0 Å². The van der Waals surface area contributed by atoms with E-state index in [2.05, 4.69) is 11.2 Å². The number of terminal acetylenes is 1. The molecule has 0 bridgehead atoms. The standard InChI is InChI=1S/C13H23NO3/c1-5-6-10-16-11-8-7-9-14-12(15)17-13(2,3)4/h1H,6-11H2,2-4H3,(H,14,15). The van der Waals surface area contributed by atoms with Crippen LogP contribution >= 0.6 is 0 Å². The van der Waals surface area contributed by atoms with Gasteiger partial charge in [-0.25, -0.2) is 4.79 Å². The molecule has 98 valence electrons. The highest BCUT2D eigenvalue weighted by Gasteiger charge is 2.15. The van der Waals surface area contributed by atoms with Crippen LogP contribution in [0.15, 0.2) is 0 Å². The molecule has 1 N–H and O–H groups in total. The number of hydrogen-bond donors (Lipinski definition) is 1. The Morgan fingerprint density at radius 2 is 2.00 bits per heavy atom. The Balaban J connectivity index is 3.29. The third kappa shape index (κ3) is 12.7. The summed E-state index contributed by atoms with van der Waals surface area (Å²) in [5.74, 6) is 2.51. The minimum atomic E-state index is -0.442. The van der Waals surface area contributed by atoms with Gasteiger partial charge in [0.25, 0.3) is 0 Å². The van der Waals surface area contributed by atoms with Gasteiger partial charge in [0.2, 0.25) is 0 Å². The van der Waals surface area contributed by atoms with Gasteiger partial charge in [0, 0.05) is 19.6 Å². The van der Waals surface area contributed by atoms with Gasteiger partial charge in [-0.2, -0.15) is 0 Å². The first-order valence-electron chi connectivity index (χ1n) is 5.94. The van der Waals surface area contributed by atoms with E-state index in [1.807, 2.05) is 20.8 Å². The Morgan fingerprint density at radius 3 is 2.59 bits per heavy atom. The molecule has 0 rings (SSSR count). The smallest absolute Gasteiger partial charge is 0.407 e. The fourth-order valence-electron chi connectivity index (χ4n) is 1.07. The van der Waals surface area contributed by atoms with E-state index in [0.29, 0.717) is 26.2 Å². The number of ether oxygens (including phenoxy) is 2. The van der Waals surface area contributed by atoms with Crippen LogP contribution in [0.3, 0.4) is 0 Å². The largest absolute Gasteiger partial charge is 0.444 e. The number of unbranched alkanes of at least 4 members (excludes halogenated alkanes) is 1. The lowest BCUT2D eigenvalue weighted by molar-refractivity contribution is 0.0524. The lowest BCUT2D eigenvalue weighted by Gasteiger charge is -2.19. The average molecular weight is 241 g/mol. The minimum Gasteiger partial charge on any atom is -0.444 e. The highest BCUT2D eigenvalue weighted by molar-refractivity contribution is 5.67. The van der Waals surface area contributed by atoms with Gasteiger partial charge in [-0.1, -0.05) is 0 Å². The molecule has 0 unspecified atom stereocenters. The molecule has 0 saturated heterocycles. The highest BCUT2D eigenvalue weighted by atomic mass is 16.6. The number of amides is 1. The van der Waals surface area contributed by atoms with Crippen molar-refractivity contribution >= 4 is 6.09 Å². The zero-order valence-electron chi connectivity index (χ0n) is 11.0. The number of rotatable bonds is 7. The Labute approximate surface area is 104 Å². The molecule has 0 heterocycles. The maximum atomic E-state index is 11.2. The zero-order valence-corrected chi connectivity index (χ0v) is 11.0. The molecule has 0 spiro atoms. The lowest BCUT2D eigenvalue weighted by Crippen LogP contribution is -2.33. The van der Waals surface area contributed by atoms with Gasteiger partial charge < -0.3 is 14.8 Å². The number of alkyl carbamates (subject to hydrolysis) is 1. The Hall–Kier alpha value is -1.21. The lowest BCUT2D eigenvalue weighted by atomic mass is 10.2. The summed E-state index contributed by atoms with van der Waals surface area (Å²) in [6, 6.07) is 0. The van der Waals surface area contributed by atoms with E-state index >= 15 is 0 Å². The van der Waals surface area contributed by atoms with Crippen LogP contribution in [0.1, 0.15) is 40.0 Å². The van der Waals surface area contributed by atoms with Crippen molar-refractivity contribution in [2.24, 2.45) is 0 Å². The van der Waals surface area contributed by atoms with Crippen LogP contribution in [0.4, 0.5) is 4.79 Å². The third-order valence-corrected chi connectivity index (χ3v) is 1.77. The first kappa shape index (κ1) is 15.8. The molecule has 0 aromatic heterocycles. The van der Waals surface area contributed by atoms with Gasteiger partial charge in [0.15, 0.2) is 0 Å². The molecule has 0 saturated carbocycles. The van der Waals surface area contributed by atoms with Crippen molar-refractivity contribution in [1.29, 1.82) is 0 Å². The fourth-order valence-corrected chi connectivity index (χ4v) is 1.07. The van der Waals surface area contributed by atoms with E-state index in [9.17, 15) is 4.79 Å². The van der Waals surface area contributed by atoms with E-state index in [4.69, 9.17) is 15.9 Å². The summed E-state index contributed by atoms with van der Waals surface area (Å²) in [6.45, 7) is 7.41. The van der Waals surface area contributed by atoms with Crippen molar-refractivity contribution in [3.05, 3.63) is 0 Å². The van der Waals surface area contributed by atoms with Gasteiger partial charge in [-0.15, -0.1) is 12.3 Å². The summed E-state index contributed by atoms with van der Waals surface area (Å²) in [6.07, 6.45) is 7.14. The number of nitrogens with one attached hydrogen (secondary N) is 1. The zero-order chi connectivity index (χ0) is 13.1. The molecule has 0 aromatic carbocycles. The topological polar surface area (TPSA) is 47.6 Å². The molecule has 4 heteroatoms. The van der Waals surface area contributed by atoms with Crippen LogP contribution in [0.25, 0.3) is 0 Å². The Morgan fingerprint density at radius 1 is 1.29 bits per heavy atom. The van der Waals surface area contributed by atoms with Gasteiger partial charge in [0.05, 0.1) is 6.61 Å². The predicted molar refractivity (Wildman–Crippen MR) is 67.7 cm³/mol. The first-order chi connectivity index (χ1) is 7.95. The van der Waals surface area contributed by atoms with Crippen molar-refractivity contribution in [1.82, 2.24) is 5.32 Å². The van der Waals surface area contributed by atoms with Crippen LogP contribution in [-0.2, 0) is 9.47 Å². The van der Waals surface area contributed by atoms with Crippen LogP contribution in [0.5, 0.6) is 0 Å². The molecular weight excluding hydrogens is 218 g/mol. The van der Waals surface area contributed by atoms with Gasteiger partial charge >= 0.3 is 6.09 Å². The highest BCUT2D eigenvalue weighted by Crippen LogP contribution is 2.06. The van der Waals surface area contributed by atoms with Gasteiger partial charge in [-0.3, -0.25) is 0 Å². The molecule has 4 nitrogen and oxygen atoms in total. The summed E-state index contributed by atoms with van der Waals surface area (Å²) in [7, 11) is 0. The predicted octanol–water partition coefficient (Wildman–Crippen LogP) is 2.33. The molecule has 0 aliphatic carbocycles. The maximum Gasteiger partial charge on any atom is 0.407 e. The second kappa shape index (κ2) is 8.89. The normalized spacial score (nSPS) is 10.7. The quantitative estimate of drug-likeness (QED) is 0.549. The van der Waals surface area contributed by atoms with E-state index in [-0.39, 0.29) is 6.09 Å². The van der Waals surface area contributed by atoms with Crippen molar-refractivity contribution in [3.63, 3.8) is 0 Å². The summed E-state index contributed by atoms with van der Waals surface area (Å²) in [5, 5.41) is 2.69. The second-order valence-electron chi connectivity index (χ2n) is 4.70. The molecule has 0 radical (unpaired) electrons. The fraction of sp³-hybridized carbons (Fsp3) is 0.769. The maximum absolute atomic E-state index is 11.2. The molecule has 1 amide bonds. The van der Waals surface area contributed by atoms with Crippen LogP contribution in [0.2, 0.25) is 0 Å². The van der Waals surface area contributed by atoms with E-state index in [0.717, 1.165) is 12.8 Å². The average Bonchev–Trinajstić information content (AvgIpc) is 2.19.